The van der Waals surface area contributed by atoms with Gasteiger partial charge in [-0.05, 0) is 41.5 Å². The summed E-state index contributed by atoms with van der Waals surface area (Å²) < 4.78 is 38.4. The molecule has 0 fully saturated rings. The minimum absolute atomic E-state index is 0.107. The molecule has 1 N–H and O–H groups in total. The summed E-state index contributed by atoms with van der Waals surface area (Å²) in [5, 5.41) is 5.38. The van der Waals surface area contributed by atoms with Gasteiger partial charge < -0.3 is 5.32 Å². The molecule has 0 aliphatic rings. The van der Waals surface area contributed by atoms with Crippen molar-refractivity contribution < 1.29 is 13.2 Å². The van der Waals surface area contributed by atoms with Gasteiger partial charge in [0.15, 0.2) is 0 Å². The number of hydrogen-bond donors (Lipinski definition) is 1. The maximum absolute atomic E-state index is 12.8. The number of benzene rings is 3. The zero-order valence-electron chi connectivity index (χ0n) is 12.6. The van der Waals surface area contributed by atoms with E-state index in [9.17, 15) is 13.2 Å². The molecule has 0 heterocycles. The summed E-state index contributed by atoms with van der Waals surface area (Å²) in [4.78, 5) is 0. The van der Waals surface area contributed by atoms with Crippen molar-refractivity contribution in [2.45, 2.75) is 19.1 Å². The monoisotopic (exact) mass is 315 g/mol. The van der Waals surface area contributed by atoms with Crippen LogP contribution in [0.5, 0.6) is 0 Å². The van der Waals surface area contributed by atoms with E-state index in [0.29, 0.717) is 5.69 Å². The van der Waals surface area contributed by atoms with Crippen LogP contribution < -0.4 is 5.32 Å². The van der Waals surface area contributed by atoms with Gasteiger partial charge in [0.25, 0.3) is 0 Å². The molecule has 0 aliphatic heterocycles. The average molecular weight is 315 g/mol. The lowest BCUT2D eigenvalue weighted by Crippen LogP contribution is -2.09. The van der Waals surface area contributed by atoms with Crippen LogP contribution in [-0.4, -0.2) is 0 Å². The van der Waals surface area contributed by atoms with Gasteiger partial charge in [-0.1, -0.05) is 48.5 Å². The van der Waals surface area contributed by atoms with E-state index in [1.165, 1.54) is 6.07 Å². The third kappa shape index (κ3) is 3.31. The van der Waals surface area contributed by atoms with Crippen molar-refractivity contribution in [2.24, 2.45) is 0 Å². The molecule has 1 nitrogen and oxygen atoms in total. The van der Waals surface area contributed by atoms with Gasteiger partial charge in [-0.3, -0.25) is 0 Å². The van der Waals surface area contributed by atoms with Gasteiger partial charge in [-0.2, -0.15) is 13.2 Å². The molecule has 0 aliphatic carbocycles. The Morgan fingerprint density at radius 3 is 2.35 bits per heavy atom. The molecule has 0 amide bonds. The van der Waals surface area contributed by atoms with E-state index >= 15 is 0 Å². The Labute approximate surface area is 132 Å². The summed E-state index contributed by atoms with van der Waals surface area (Å²) in [6.45, 7) is 1.95. The van der Waals surface area contributed by atoms with Crippen LogP contribution in [0.1, 0.15) is 24.1 Å². The van der Waals surface area contributed by atoms with E-state index in [1.807, 2.05) is 49.4 Å². The summed E-state index contributed by atoms with van der Waals surface area (Å²) in [6, 6.07) is 19.1. The Hall–Kier alpha value is -2.49. The van der Waals surface area contributed by atoms with Crippen LogP contribution in [0, 0.1) is 0 Å². The Morgan fingerprint density at radius 1 is 0.870 bits per heavy atom. The van der Waals surface area contributed by atoms with E-state index in [0.717, 1.165) is 28.5 Å². The van der Waals surface area contributed by atoms with Gasteiger partial charge in [0.2, 0.25) is 0 Å². The first-order valence-electron chi connectivity index (χ1n) is 7.36. The predicted molar refractivity (Wildman–Crippen MR) is 87.4 cm³/mol. The highest BCUT2D eigenvalue weighted by Crippen LogP contribution is 2.32. The maximum atomic E-state index is 12.8. The van der Waals surface area contributed by atoms with E-state index in [1.54, 1.807) is 6.07 Å². The van der Waals surface area contributed by atoms with Crippen molar-refractivity contribution in [3.8, 4) is 0 Å². The van der Waals surface area contributed by atoms with Crippen molar-refractivity contribution >= 4 is 16.5 Å². The second kappa shape index (κ2) is 5.95. The van der Waals surface area contributed by atoms with Crippen LogP contribution in [0.15, 0.2) is 66.7 Å². The first-order chi connectivity index (χ1) is 10.9. The highest BCUT2D eigenvalue weighted by Gasteiger charge is 2.30. The van der Waals surface area contributed by atoms with Crippen molar-refractivity contribution in [3.05, 3.63) is 77.9 Å². The number of halogens is 3. The third-order valence-corrected chi connectivity index (χ3v) is 3.86. The zero-order chi connectivity index (χ0) is 16.4. The van der Waals surface area contributed by atoms with Gasteiger partial charge in [0, 0.05) is 11.7 Å². The molecule has 3 aromatic carbocycles. The first-order valence-corrected chi connectivity index (χ1v) is 7.36. The average Bonchev–Trinajstić information content (AvgIpc) is 2.53. The summed E-state index contributed by atoms with van der Waals surface area (Å²) in [5.41, 5.74) is 0.869. The minimum Gasteiger partial charge on any atom is -0.378 e. The summed E-state index contributed by atoms with van der Waals surface area (Å²) in [6.07, 6.45) is -4.33. The SMILES string of the molecule is C[C@@H](Nc1cccc(C(F)(F)F)c1)c1cccc2ccccc12. The molecule has 0 spiro atoms. The molecule has 23 heavy (non-hydrogen) atoms. The van der Waals surface area contributed by atoms with Gasteiger partial charge in [-0.15, -0.1) is 0 Å². The third-order valence-electron chi connectivity index (χ3n) is 3.86. The summed E-state index contributed by atoms with van der Waals surface area (Å²) >= 11 is 0. The van der Waals surface area contributed by atoms with Crippen molar-refractivity contribution in [1.29, 1.82) is 0 Å². The standard InChI is InChI=1S/C19H16F3N/c1-13(17-11-4-7-14-6-2-3-10-18(14)17)23-16-9-5-8-15(12-16)19(20,21)22/h2-13,23H,1H3/t13-/m1/s1. The van der Waals surface area contributed by atoms with Gasteiger partial charge >= 0.3 is 6.18 Å². The van der Waals surface area contributed by atoms with Crippen LogP contribution in [0.25, 0.3) is 10.8 Å². The second-order valence-corrected chi connectivity index (χ2v) is 5.51. The molecular formula is C19H16F3N. The first kappa shape index (κ1) is 15.4. The molecular weight excluding hydrogens is 299 g/mol. The highest BCUT2D eigenvalue weighted by molar-refractivity contribution is 5.86. The number of anilines is 1. The lowest BCUT2D eigenvalue weighted by Gasteiger charge is -2.19. The Morgan fingerprint density at radius 2 is 1.57 bits per heavy atom. The topological polar surface area (TPSA) is 12.0 Å². The quantitative estimate of drug-likeness (QED) is 0.622. The van der Waals surface area contributed by atoms with Gasteiger partial charge in [0.1, 0.15) is 0 Å². The smallest absolute Gasteiger partial charge is 0.378 e. The van der Waals surface area contributed by atoms with E-state index in [-0.39, 0.29) is 6.04 Å². The number of rotatable bonds is 3. The molecule has 4 heteroatoms. The minimum atomic E-state index is -4.33. The van der Waals surface area contributed by atoms with Crippen LogP contribution in [0.3, 0.4) is 0 Å². The number of fused-ring (bicyclic) bond motifs is 1. The van der Waals surface area contributed by atoms with Crippen LogP contribution in [0.2, 0.25) is 0 Å². The van der Waals surface area contributed by atoms with E-state index in [4.69, 9.17) is 0 Å². The largest absolute Gasteiger partial charge is 0.416 e. The van der Waals surface area contributed by atoms with Crippen LogP contribution >= 0.6 is 0 Å². The number of alkyl halides is 3. The molecule has 0 aromatic heterocycles. The Kier molecular flexibility index (Phi) is 3.99. The molecule has 3 aromatic rings. The fourth-order valence-corrected chi connectivity index (χ4v) is 2.74. The van der Waals surface area contributed by atoms with Crippen LogP contribution in [-0.2, 0) is 6.18 Å². The second-order valence-electron chi connectivity index (χ2n) is 5.51. The van der Waals surface area contributed by atoms with Crippen LogP contribution in [0.4, 0.5) is 18.9 Å². The summed E-state index contributed by atoms with van der Waals surface area (Å²) in [5.74, 6) is 0. The number of nitrogens with one attached hydrogen (secondary N) is 1. The van der Waals surface area contributed by atoms with Gasteiger partial charge in [0.05, 0.1) is 5.56 Å². The molecule has 0 saturated carbocycles. The normalized spacial score (nSPS) is 13.0. The van der Waals surface area contributed by atoms with Crippen molar-refractivity contribution in [3.63, 3.8) is 0 Å². The lowest BCUT2D eigenvalue weighted by atomic mass is 9.99. The fraction of sp³-hybridized carbons (Fsp3) is 0.158. The Balaban J connectivity index is 1.91. The molecule has 3 rings (SSSR count). The highest BCUT2D eigenvalue weighted by atomic mass is 19.4. The maximum Gasteiger partial charge on any atom is 0.416 e. The summed E-state index contributed by atoms with van der Waals surface area (Å²) in [7, 11) is 0. The van der Waals surface area contributed by atoms with Crippen molar-refractivity contribution in [1.82, 2.24) is 0 Å². The van der Waals surface area contributed by atoms with Crippen molar-refractivity contribution in [2.75, 3.05) is 5.32 Å². The zero-order valence-corrected chi connectivity index (χ0v) is 12.6. The molecule has 118 valence electrons. The van der Waals surface area contributed by atoms with Gasteiger partial charge in [-0.25, -0.2) is 0 Å². The number of hydrogen-bond acceptors (Lipinski definition) is 1. The molecule has 0 unspecified atom stereocenters. The molecule has 0 saturated heterocycles. The molecule has 1 atom stereocenters. The Bertz CT molecular complexity index is 819. The molecule has 0 bridgehead atoms. The predicted octanol–water partition coefficient (Wildman–Crippen LogP) is 6.03. The fourth-order valence-electron chi connectivity index (χ4n) is 2.74. The van der Waals surface area contributed by atoms with E-state index < -0.39 is 11.7 Å². The molecule has 0 radical (unpaired) electrons. The lowest BCUT2D eigenvalue weighted by molar-refractivity contribution is -0.137. The van der Waals surface area contributed by atoms with E-state index in [2.05, 4.69) is 5.32 Å².